The largest absolute Gasteiger partial charge is 0.496 e. The number of hydrogen-bond acceptors (Lipinski definition) is 4. The average molecular weight is 292 g/mol. The maximum absolute atomic E-state index is 11.9. The normalized spacial score (nSPS) is 11.8. The molecular weight excluding hydrogens is 270 g/mol. The van der Waals surface area contributed by atoms with Crippen LogP contribution in [0.15, 0.2) is 18.2 Å². The number of carbonyl (C=O) groups excluding carboxylic acids is 2. The summed E-state index contributed by atoms with van der Waals surface area (Å²) in [5.41, 5.74) is 14.0. The molecule has 0 unspecified atom stereocenters. The molecule has 1 radical (unpaired) electrons. The third kappa shape index (κ3) is 5.17. The summed E-state index contributed by atoms with van der Waals surface area (Å²) in [4.78, 5) is 23.4. The summed E-state index contributed by atoms with van der Waals surface area (Å²) in [6.45, 7) is 2.00. The van der Waals surface area contributed by atoms with Crippen LogP contribution in [-0.4, -0.2) is 31.4 Å². The number of Topliss-reactive ketones (excluding diaryl/α,β-unsaturated/α-hetero) is 1. The van der Waals surface area contributed by atoms with Crippen LogP contribution < -0.4 is 21.5 Å². The van der Waals surface area contributed by atoms with Crippen LogP contribution in [0.25, 0.3) is 0 Å². The van der Waals surface area contributed by atoms with E-state index in [0.29, 0.717) is 30.0 Å². The fraction of sp³-hybridized carbons (Fsp3) is 0.467. The average Bonchev–Trinajstić information content (AvgIpc) is 2.47. The molecule has 0 aliphatic rings. The second-order valence-corrected chi connectivity index (χ2v) is 4.80. The molecule has 6 heteroatoms. The second kappa shape index (κ2) is 8.39. The Hall–Kier alpha value is -1.92. The quantitative estimate of drug-likeness (QED) is 0.561. The molecule has 6 nitrogen and oxygen atoms in total. The number of carbonyl (C=O) groups is 2. The van der Waals surface area contributed by atoms with E-state index < -0.39 is 6.04 Å². The number of hydrogen-bond donors (Lipinski definition) is 2. The first-order valence-electron chi connectivity index (χ1n) is 6.90. The first-order chi connectivity index (χ1) is 9.99. The van der Waals surface area contributed by atoms with E-state index in [1.807, 2.05) is 0 Å². The Morgan fingerprint density at radius 3 is 2.67 bits per heavy atom. The van der Waals surface area contributed by atoms with E-state index in [4.69, 9.17) is 16.2 Å². The van der Waals surface area contributed by atoms with Gasteiger partial charge in [0, 0.05) is 5.69 Å². The minimum atomic E-state index is -0.834. The summed E-state index contributed by atoms with van der Waals surface area (Å²) in [6.07, 6.45) is 2.03. The van der Waals surface area contributed by atoms with Crippen LogP contribution in [0.3, 0.4) is 0 Å². The Morgan fingerprint density at radius 1 is 1.38 bits per heavy atom. The van der Waals surface area contributed by atoms with E-state index in [0.717, 1.165) is 12.8 Å². The first-order valence-corrected chi connectivity index (χ1v) is 6.90. The lowest BCUT2D eigenvalue weighted by Crippen LogP contribution is -2.29. The van der Waals surface area contributed by atoms with Crippen LogP contribution in [0, 0.1) is 0 Å². The van der Waals surface area contributed by atoms with Crippen LogP contribution >= 0.6 is 0 Å². The van der Waals surface area contributed by atoms with Crippen LogP contribution in [0.5, 0.6) is 5.75 Å². The number of methoxy groups -OCH3 is 1. The zero-order valence-electron chi connectivity index (χ0n) is 12.4. The lowest BCUT2D eigenvalue weighted by atomic mass is 10.1. The van der Waals surface area contributed by atoms with Crippen LogP contribution in [-0.2, 0) is 4.79 Å². The molecule has 0 fully saturated rings. The monoisotopic (exact) mass is 292 g/mol. The van der Waals surface area contributed by atoms with Crippen molar-refractivity contribution in [1.29, 1.82) is 0 Å². The van der Waals surface area contributed by atoms with Gasteiger partial charge in [0.25, 0.3) is 0 Å². The number of anilines is 1. The fourth-order valence-corrected chi connectivity index (χ4v) is 1.91. The minimum absolute atomic E-state index is 0.145. The third-order valence-corrected chi connectivity index (χ3v) is 3.11. The predicted molar refractivity (Wildman–Crippen MR) is 81.4 cm³/mol. The van der Waals surface area contributed by atoms with Gasteiger partial charge in [0.1, 0.15) is 11.8 Å². The number of ether oxygens (including phenoxy) is 1. The molecule has 0 saturated heterocycles. The van der Waals surface area contributed by atoms with Crippen molar-refractivity contribution in [2.75, 3.05) is 19.0 Å². The lowest BCUT2D eigenvalue weighted by Gasteiger charge is -2.13. The van der Waals surface area contributed by atoms with Crippen molar-refractivity contribution in [3.05, 3.63) is 23.8 Å². The highest BCUT2D eigenvalue weighted by Gasteiger charge is 2.15. The van der Waals surface area contributed by atoms with Gasteiger partial charge in [-0.3, -0.25) is 9.59 Å². The number of benzene rings is 1. The SMILES string of the molecule is COc1ccc(NC(=O)[C@@H]([NH])CCCCN)cc1C(C)=O. The Bertz CT molecular complexity index is 503. The van der Waals surface area contributed by atoms with Crippen molar-refractivity contribution in [3.63, 3.8) is 0 Å². The third-order valence-electron chi connectivity index (χ3n) is 3.11. The summed E-state index contributed by atoms with van der Waals surface area (Å²) in [6, 6.07) is 4.00. The van der Waals surface area contributed by atoms with Gasteiger partial charge in [0.15, 0.2) is 5.78 Å². The molecule has 0 spiro atoms. The molecule has 0 saturated carbocycles. The van der Waals surface area contributed by atoms with Crippen molar-refractivity contribution in [3.8, 4) is 5.75 Å². The second-order valence-electron chi connectivity index (χ2n) is 4.80. The summed E-state index contributed by atoms with van der Waals surface area (Å²) in [5, 5.41) is 2.65. The van der Waals surface area contributed by atoms with Gasteiger partial charge in [-0.2, -0.15) is 0 Å². The van der Waals surface area contributed by atoms with E-state index in [9.17, 15) is 9.59 Å². The van der Waals surface area contributed by atoms with E-state index in [2.05, 4.69) is 5.32 Å². The molecule has 1 rings (SSSR count). The van der Waals surface area contributed by atoms with Gasteiger partial charge in [0.05, 0.1) is 12.7 Å². The van der Waals surface area contributed by atoms with Crippen molar-refractivity contribution < 1.29 is 14.3 Å². The number of ketones is 1. The lowest BCUT2D eigenvalue weighted by molar-refractivity contribution is -0.117. The zero-order valence-corrected chi connectivity index (χ0v) is 12.4. The maximum atomic E-state index is 11.9. The Morgan fingerprint density at radius 2 is 2.10 bits per heavy atom. The predicted octanol–water partition coefficient (Wildman–Crippen LogP) is 1.62. The van der Waals surface area contributed by atoms with Crippen molar-refractivity contribution in [2.24, 2.45) is 5.73 Å². The van der Waals surface area contributed by atoms with E-state index in [1.54, 1.807) is 18.2 Å². The number of amides is 1. The summed E-state index contributed by atoms with van der Waals surface area (Å²) in [5.74, 6) is -0.0640. The zero-order chi connectivity index (χ0) is 15.8. The molecule has 115 valence electrons. The van der Waals surface area contributed by atoms with Gasteiger partial charge >= 0.3 is 0 Å². The molecule has 0 aliphatic heterocycles. The molecular formula is C15H22N3O3. The van der Waals surface area contributed by atoms with E-state index in [-0.39, 0.29) is 11.7 Å². The highest BCUT2D eigenvalue weighted by Crippen LogP contribution is 2.23. The number of nitrogens with two attached hydrogens (primary N) is 1. The number of unbranched alkanes of at least 4 members (excludes halogenated alkanes) is 1. The van der Waals surface area contributed by atoms with Gasteiger partial charge in [-0.1, -0.05) is 6.42 Å². The van der Waals surface area contributed by atoms with Gasteiger partial charge in [-0.05, 0) is 44.5 Å². The maximum Gasteiger partial charge on any atom is 0.242 e. The van der Waals surface area contributed by atoms with Gasteiger partial charge < -0.3 is 15.8 Å². The van der Waals surface area contributed by atoms with E-state index >= 15 is 0 Å². The van der Waals surface area contributed by atoms with Crippen LogP contribution in [0.1, 0.15) is 36.5 Å². The van der Waals surface area contributed by atoms with Gasteiger partial charge in [-0.25, -0.2) is 5.73 Å². The number of nitrogens with one attached hydrogen (secondary N) is 2. The summed E-state index contributed by atoms with van der Waals surface area (Å²) >= 11 is 0. The molecule has 1 amide bonds. The van der Waals surface area contributed by atoms with Crippen LogP contribution in [0.2, 0.25) is 0 Å². The van der Waals surface area contributed by atoms with Crippen molar-refractivity contribution in [2.45, 2.75) is 32.2 Å². The molecule has 4 N–H and O–H groups in total. The smallest absolute Gasteiger partial charge is 0.242 e. The molecule has 0 bridgehead atoms. The topological polar surface area (TPSA) is 105 Å². The molecule has 21 heavy (non-hydrogen) atoms. The standard InChI is InChI=1S/C15H22N3O3/c1-10(19)12-9-11(6-7-14(12)21-2)18-15(20)13(17)5-3-4-8-16/h6-7,9,13,17H,3-5,8,16H2,1-2H3,(H,18,20)/t13-/m0/s1. The molecule has 1 aromatic carbocycles. The Balaban J connectivity index is 2.72. The summed E-state index contributed by atoms with van der Waals surface area (Å²) < 4.78 is 5.10. The van der Waals surface area contributed by atoms with Gasteiger partial charge in [0.2, 0.25) is 5.91 Å². The van der Waals surface area contributed by atoms with Crippen molar-refractivity contribution >= 4 is 17.4 Å². The Kier molecular flexibility index (Phi) is 6.84. The van der Waals surface area contributed by atoms with Crippen LogP contribution in [0.4, 0.5) is 5.69 Å². The first kappa shape index (κ1) is 17.1. The highest BCUT2D eigenvalue weighted by atomic mass is 16.5. The molecule has 1 aromatic rings. The number of rotatable bonds is 8. The molecule has 1 atom stereocenters. The highest BCUT2D eigenvalue weighted by molar-refractivity contribution is 6.00. The molecule has 0 aliphatic carbocycles. The van der Waals surface area contributed by atoms with E-state index in [1.165, 1.54) is 14.0 Å². The fourth-order valence-electron chi connectivity index (χ4n) is 1.91. The van der Waals surface area contributed by atoms with Gasteiger partial charge in [-0.15, -0.1) is 0 Å². The molecule has 0 heterocycles. The van der Waals surface area contributed by atoms with Crippen molar-refractivity contribution in [1.82, 2.24) is 5.73 Å². The minimum Gasteiger partial charge on any atom is -0.496 e. The summed E-state index contributed by atoms with van der Waals surface area (Å²) in [7, 11) is 1.48. The molecule has 0 aromatic heterocycles. The Labute approximate surface area is 124 Å².